The summed E-state index contributed by atoms with van der Waals surface area (Å²) in [7, 11) is 0. The third-order valence-corrected chi connectivity index (χ3v) is 2.75. The number of aryl methyl sites for hydroxylation is 1. The van der Waals surface area contributed by atoms with Crippen LogP contribution in [0.2, 0.25) is 0 Å². The molecule has 76 valence electrons. The van der Waals surface area contributed by atoms with Crippen molar-refractivity contribution >= 4 is 32.5 Å². The van der Waals surface area contributed by atoms with Gasteiger partial charge in [0.25, 0.3) is 5.69 Å². The SMILES string of the molecule is Cc1cnc2ccc(Br)c([N+](=O)[O-])c2c1. The first kappa shape index (κ1) is 10.0. The molecule has 0 aliphatic heterocycles. The summed E-state index contributed by atoms with van der Waals surface area (Å²) in [6.07, 6.45) is 1.69. The van der Waals surface area contributed by atoms with Crippen LogP contribution in [0, 0.1) is 17.0 Å². The third-order valence-electron chi connectivity index (χ3n) is 2.11. The van der Waals surface area contributed by atoms with Crippen LogP contribution in [-0.4, -0.2) is 9.91 Å². The summed E-state index contributed by atoms with van der Waals surface area (Å²) >= 11 is 3.17. The van der Waals surface area contributed by atoms with Crippen molar-refractivity contribution in [1.29, 1.82) is 0 Å². The molecule has 0 radical (unpaired) electrons. The number of nitro benzene ring substituents is 1. The lowest BCUT2D eigenvalue weighted by Gasteiger charge is -2.01. The van der Waals surface area contributed by atoms with Crippen LogP contribution in [0.5, 0.6) is 0 Å². The van der Waals surface area contributed by atoms with E-state index in [1.54, 1.807) is 24.4 Å². The minimum Gasteiger partial charge on any atom is -0.258 e. The van der Waals surface area contributed by atoms with E-state index in [1.807, 2.05) is 6.92 Å². The smallest absolute Gasteiger partial charge is 0.258 e. The second-order valence-corrected chi connectivity index (χ2v) is 4.09. The van der Waals surface area contributed by atoms with Crippen LogP contribution in [0.4, 0.5) is 5.69 Å². The van der Waals surface area contributed by atoms with E-state index < -0.39 is 4.92 Å². The van der Waals surface area contributed by atoms with E-state index in [-0.39, 0.29) is 5.69 Å². The Labute approximate surface area is 94.2 Å². The number of halogens is 1. The molecule has 2 rings (SSSR count). The number of hydrogen-bond acceptors (Lipinski definition) is 3. The van der Waals surface area contributed by atoms with Gasteiger partial charge in [0.1, 0.15) is 0 Å². The van der Waals surface area contributed by atoms with Crippen molar-refractivity contribution in [3.63, 3.8) is 0 Å². The maximum atomic E-state index is 10.9. The highest BCUT2D eigenvalue weighted by Gasteiger charge is 2.17. The molecule has 5 heteroatoms. The fraction of sp³-hybridized carbons (Fsp3) is 0.100. The Morgan fingerprint density at radius 1 is 1.47 bits per heavy atom. The van der Waals surface area contributed by atoms with Crippen LogP contribution in [-0.2, 0) is 0 Å². The molecular weight excluding hydrogens is 260 g/mol. The van der Waals surface area contributed by atoms with Crippen molar-refractivity contribution in [2.75, 3.05) is 0 Å². The molecule has 1 aromatic heterocycles. The summed E-state index contributed by atoms with van der Waals surface area (Å²) in [5, 5.41) is 11.5. The average Bonchev–Trinajstić information content (AvgIpc) is 2.16. The van der Waals surface area contributed by atoms with Crippen LogP contribution >= 0.6 is 15.9 Å². The molecule has 15 heavy (non-hydrogen) atoms. The van der Waals surface area contributed by atoms with Gasteiger partial charge in [0.2, 0.25) is 0 Å². The van der Waals surface area contributed by atoms with E-state index in [4.69, 9.17) is 0 Å². The molecule has 0 aliphatic carbocycles. The zero-order chi connectivity index (χ0) is 11.0. The lowest BCUT2D eigenvalue weighted by atomic mass is 10.1. The Morgan fingerprint density at radius 2 is 2.20 bits per heavy atom. The third kappa shape index (κ3) is 1.70. The highest BCUT2D eigenvalue weighted by molar-refractivity contribution is 9.10. The highest BCUT2D eigenvalue weighted by Crippen LogP contribution is 2.32. The quantitative estimate of drug-likeness (QED) is 0.588. The Kier molecular flexibility index (Phi) is 2.40. The van der Waals surface area contributed by atoms with Gasteiger partial charge in [-0.1, -0.05) is 0 Å². The molecule has 0 bridgehead atoms. The molecule has 0 atom stereocenters. The number of aromatic nitrogens is 1. The van der Waals surface area contributed by atoms with Gasteiger partial charge >= 0.3 is 0 Å². The summed E-state index contributed by atoms with van der Waals surface area (Å²) in [6, 6.07) is 5.17. The maximum absolute atomic E-state index is 10.9. The van der Waals surface area contributed by atoms with Gasteiger partial charge in [-0.2, -0.15) is 0 Å². The zero-order valence-corrected chi connectivity index (χ0v) is 9.48. The zero-order valence-electron chi connectivity index (χ0n) is 7.90. The number of benzene rings is 1. The fourth-order valence-electron chi connectivity index (χ4n) is 1.45. The molecule has 1 aromatic carbocycles. The van der Waals surface area contributed by atoms with Crippen LogP contribution in [0.3, 0.4) is 0 Å². The van der Waals surface area contributed by atoms with E-state index in [9.17, 15) is 10.1 Å². The molecule has 0 aliphatic rings. The molecule has 0 amide bonds. The molecule has 1 heterocycles. The number of rotatable bonds is 1. The summed E-state index contributed by atoms with van der Waals surface area (Å²) in [5.74, 6) is 0. The predicted molar refractivity (Wildman–Crippen MR) is 60.8 cm³/mol. The largest absolute Gasteiger partial charge is 0.292 e. The van der Waals surface area contributed by atoms with Crippen LogP contribution in [0.25, 0.3) is 10.9 Å². The lowest BCUT2D eigenvalue weighted by Crippen LogP contribution is -1.92. The fourth-order valence-corrected chi connectivity index (χ4v) is 1.94. The van der Waals surface area contributed by atoms with E-state index in [1.165, 1.54) is 0 Å². The highest BCUT2D eigenvalue weighted by atomic mass is 79.9. The van der Waals surface area contributed by atoms with Gasteiger partial charge in [-0.05, 0) is 46.6 Å². The molecule has 0 spiro atoms. The summed E-state index contributed by atoms with van der Waals surface area (Å²) in [6.45, 7) is 1.86. The van der Waals surface area contributed by atoms with Gasteiger partial charge in [-0.25, -0.2) is 0 Å². The van der Waals surface area contributed by atoms with E-state index in [0.29, 0.717) is 15.4 Å². The summed E-state index contributed by atoms with van der Waals surface area (Å²) < 4.78 is 0.479. The van der Waals surface area contributed by atoms with Gasteiger partial charge in [0.05, 0.1) is 20.3 Å². The minimum absolute atomic E-state index is 0.0729. The number of nitrogens with zero attached hydrogens (tertiary/aromatic N) is 2. The number of nitro groups is 1. The lowest BCUT2D eigenvalue weighted by molar-refractivity contribution is -0.383. The first-order valence-corrected chi connectivity index (χ1v) is 5.08. The maximum Gasteiger partial charge on any atom is 0.292 e. The second-order valence-electron chi connectivity index (χ2n) is 3.23. The molecule has 0 saturated heterocycles. The van der Waals surface area contributed by atoms with Crippen LogP contribution in [0.1, 0.15) is 5.56 Å². The van der Waals surface area contributed by atoms with Crippen molar-refractivity contribution in [3.05, 3.63) is 44.5 Å². The van der Waals surface area contributed by atoms with Crippen molar-refractivity contribution in [2.45, 2.75) is 6.92 Å². The van der Waals surface area contributed by atoms with Gasteiger partial charge < -0.3 is 0 Å². The predicted octanol–water partition coefficient (Wildman–Crippen LogP) is 3.21. The van der Waals surface area contributed by atoms with Crippen molar-refractivity contribution in [3.8, 4) is 0 Å². The van der Waals surface area contributed by atoms with Gasteiger partial charge in [0, 0.05) is 6.20 Å². The molecule has 0 saturated carbocycles. The van der Waals surface area contributed by atoms with Gasteiger partial charge in [-0.15, -0.1) is 0 Å². The first-order valence-electron chi connectivity index (χ1n) is 4.29. The first-order chi connectivity index (χ1) is 7.09. The number of pyridine rings is 1. The van der Waals surface area contributed by atoms with Crippen molar-refractivity contribution < 1.29 is 4.92 Å². The van der Waals surface area contributed by atoms with Crippen LogP contribution in [0.15, 0.2) is 28.9 Å². The second kappa shape index (κ2) is 3.58. The Bertz CT molecular complexity index is 549. The molecular formula is C10H7BrN2O2. The number of fused-ring (bicyclic) bond motifs is 1. The Morgan fingerprint density at radius 3 is 2.87 bits per heavy atom. The molecule has 4 nitrogen and oxygen atoms in total. The average molecular weight is 267 g/mol. The van der Waals surface area contributed by atoms with Crippen molar-refractivity contribution in [1.82, 2.24) is 4.98 Å². The van der Waals surface area contributed by atoms with Crippen LogP contribution < -0.4 is 0 Å². The topological polar surface area (TPSA) is 56.0 Å². The Balaban J connectivity index is 2.90. The van der Waals surface area contributed by atoms with Crippen molar-refractivity contribution in [2.24, 2.45) is 0 Å². The molecule has 2 aromatic rings. The van der Waals surface area contributed by atoms with E-state index in [2.05, 4.69) is 20.9 Å². The molecule has 0 fully saturated rings. The van der Waals surface area contributed by atoms with E-state index in [0.717, 1.165) is 5.56 Å². The molecule has 0 unspecified atom stereocenters. The summed E-state index contributed by atoms with van der Waals surface area (Å²) in [5.41, 5.74) is 1.61. The van der Waals surface area contributed by atoms with Gasteiger partial charge in [0.15, 0.2) is 0 Å². The minimum atomic E-state index is -0.395. The van der Waals surface area contributed by atoms with E-state index >= 15 is 0 Å². The monoisotopic (exact) mass is 266 g/mol. The normalized spacial score (nSPS) is 10.5. The van der Waals surface area contributed by atoms with Gasteiger partial charge in [-0.3, -0.25) is 15.1 Å². The summed E-state index contributed by atoms with van der Waals surface area (Å²) in [4.78, 5) is 14.6. The Hall–Kier alpha value is -1.49. The number of hydrogen-bond donors (Lipinski definition) is 0. The standard InChI is InChI=1S/C10H7BrN2O2/c1-6-4-7-9(12-5-6)3-2-8(11)10(7)13(14)15/h2-5H,1H3. The molecule has 0 N–H and O–H groups in total.